The van der Waals surface area contributed by atoms with Crippen LogP contribution in [-0.4, -0.2) is 38.3 Å². The van der Waals surface area contributed by atoms with Crippen molar-refractivity contribution in [2.45, 2.75) is 0 Å². The van der Waals surface area contributed by atoms with Crippen molar-refractivity contribution in [2.24, 2.45) is 7.05 Å². The molecule has 0 aliphatic carbocycles. The van der Waals surface area contributed by atoms with Gasteiger partial charge < -0.3 is 10.6 Å². The van der Waals surface area contributed by atoms with Crippen LogP contribution < -0.4 is 10.6 Å². The number of nitrogens with one attached hydrogen (secondary N) is 2. The zero-order chi connectivity index (χ0) is 19.7. The number of hydrogen-bond acceptors (Lipinski definition) is 4. The fourth-order valence-corrected chi connectivity index (χ4v) is 2.93. The minimum Gasteiger partial charge on any atom is -0.354 e. The first kappa shape index (κ1) is 17.5. The van der Waals surface area contributed by atoms with Crippen LogP contribution in [0.2, 0.25) is 0 Å². The van der Waals surface area contributed by atoms with Crippen molar-refractivity contribution in [1.82, 2.24) is 24.7 Å². The lowest BCUT2D eigenvalue weighted by Gasteiger charge is -2.05. The molecule has 0 unspecified atom stereocenters. The van der Waals surface area contributed by atoms with Gasteiger partial charge in [0.15, 0.2) is 5.69 Å². The number of amides is 2. The SMILES string of the molecule is CNC(=O)c1nn(C)cc1NC(=O)c1ccc2cc(-c3ccccc3)nn2c1. The molecule has 0 aliphatic heterocycles. The molecule has 0 saturated heterocycles. The molecular weight excluding hydrogens is 356 g/mol. The highest BCUT2D eigenvalue weighted by molar-refractivity contribution is 6.08. The van der Waals surface area contributed by atoms with Crippen molar-refractivity contribution in [3.63, 3.8) is 0 Å². The van der Waals surface area contributed by atoms with E-state index in [1.54, 1.807) is 30.0 Å². The Balaban J connectivity index is 1.63. The molecule has 140 valence electrons. The van der Waals surface area contributed by atoms with Gasteiger partial charge in [0.2, 0.25) is 0 Å². The Labute approximate surface area is 160 Å². The van der Waals surface area contributed by atoms with Gasteiger partial charge in [-0.25, -0.2) is 4.52 Å². The monoisotopic (exact) mass is 374 g/mol. The molecule has 2 N–H and O–H groups in total. The van der Waals surface area contributed by atoms with E-state index in [1.165, 1.54) is 11.7 Å². The van der Waals surface area contributed by atoms with Crippen LogP contribution in [0, 0.1) is 0 Å². The summed E-state index contributed by atoms with van der Waals surface area (Å²) in [5, 5.41) is 13.9. The van der Waals surface area contributed by atoms with Crippen molar-refractivity contribution < 1.29 is 9.59 Å². The number of rotatable bonds is 4. The van der Waals surface area contributed by atoms with E-state index in [4.69, 9.17) is 0 Å². The highest BCUT2D eigenvalue weighted by atomic mass is 16.2. The van der Waals surface area contributed by atoms with Gasteiger partial charge in [-0.05, 0) is 18.2 Å². The molecule has 3 aromatic heterocycles. The van der Waals surface area contributed by atoms with Crippen LogP contribution in [0.25, 0.3) is 16.8 Å². The summed E-state index contributed by atoms with van der Waals surface area (Å²) in [6.07, 6.45) is 3.25. The quantitative estimate of drug-likeness (QED) is 0.573. The van der Waals surface area contributed by atoms with Gasteiger partial charge in [0.05, 0.1) is 22.5 Å². The summed E-state index contributed by atoms with van der Waals surface area (Å²) in [7, 11) is 3.20. The highest BCUT2D eigenvalue weighted by Gasteiger charge is 2.18. The molecule has 4 rings (SSSR count). The summed E-state index contributed by atoms with van der Waals surface area (Å²) >= 11 is 0. The minimum absolute atomic E-state index is 0.157. The highest BCUT2D eigenvalue weighted by Crippen LogP contribution is 2.20. The third-order valence-corrected chi connectivity index (χ3v) is 4.31. The molecule has 8 nitrogen and oxygen atoms in total. The Kier molecular flexibility index (Phi) is 4.36. The van der Waals surface area contributed by atoms with Crippen LogP contribution in [0.3, 0.4) is 0 Å². The van der Waals surface area contributed by atoms with Crippen molar-refractivity contribution in [3.05, 3.63) is 72.2 Å². The maximum absolute atomic E-state index is 12.7. The van der Waals surface area contributed by atoms with Gasteiger partial charge in [0, 0.05) is 32.1 Å². The molecule has 0 spiro atoms. The summed E-state index contributed by atoms with van der Waals surface area (Å²) in [5.74, 6) is -0.720. The lowest BCUT2D eigenvalue weighted by atomic mass is 10.1. The van der Waals surface area contributed by atoms with Crippen LogP contribution in [0.5, 0.6) is 0 Å². The standard InChI is InChI=1S/C20H18N6O2/c1-21-20(28)18-17(12-25(2)24-18)22-19(27)14-8-9-15-10-16(23-26(15)11-14)13-6-4-3-5-7-13/h3-12H,1-2H3,(H,21,28)(H,22,27). The molecule has 0 atom stereocenters. The summed E-state index contributed by atoms with van der Waals surface area (Å²) in [4.78, 5) is 24.6. The zero-order valence-electron chi connectivity index (χ0n) is 15.4. The van der Waals surface area contributed by atoms with Gasteiger partial charge in [0.25, 0.3) is 11.8 Å². The Morgan fingerprint density at radius 3 is 2.50 bits per heavy atom. The van der Waals surface area contributed by atoms with Crippen LogP contribution >= 0.6 is 0 Å². The number of aryl methyl sites for hydroxylation is 1. The Bertz CT molecular complexity index is 1180. The van der Waals surface area contributed by atoms with Crippen molar-refractivity contribution in [3.8, 4) is 11.3 Å². The van der Waals surface area contributed by atoms with Gasteiger partial charge in [0.1, 0.15) is 0 Å². The van der Waals surface area contributed by atoms with Crippen LogP contribution in [0.4, 0.5) is 5.69 Å². The maximum Gasteiger partial charge on any atom is 0.273 e. The molecule has 8 heteroatoms. The molecule has 0 fully saturated rings. The number of hydrogen-bond donors (Lipinski definition) is 2. The normalized spacial score (nSPS) is 10.8. The summed E-state index contributed by atoms with van der Waals surface area (Å²) in [5.41, 5.74) is 3.63. The van der Waals surface area contributed by atoms with E-state index in [0.29, 0.717) is 11.3 Å². The average Bonchev–Trinajstić information content (AvgIpc) is 3.30. The van der Waals surface area contributed by atoms with Gasteiger partial charge in [-0.3, -0.25) is 14.3 Å². The number of benzene rings is 1. The zero-order valence-corrected chi connectivity index (χ0v) is 15.4. The van der Waals surface area contributed by atoms with Crippen molar-refractivity contribution >= 4 is 23.0 Å². The van der Waals surface area contributed by atoms with E-state index < -0.39 is 0 Å². The van der Waals surface area contributed by atoms with E-state index in [1.807, 2.05) is 42.5 Å². The number of fused-ring (bicyclic) bond motifs is 1. The van der Waals surface area contributed by atoms with Gasteiger partial charge in [-0.2, -0.15) is 10.2 Å². The van der Waals surface area contributed by atoms with E-state index in [2.05, 4.69) is 20.8 Å². The molecule has 2 amide bonds. The fraction of sp³-hybridized carbons (Fsp3) is 0.100. The first-order valence-electron chi connectivity index (χ1n) is 8.67. The van der Waals surface area contributed by atoms with Gasteiger partial charge in [-0.1, -0.05) is 30.3 Å². The van der Waals surface area contributed by atoms with Crippen LogP contribution in [0.1, 0.15) is 20.8 Å². The second kappa shape index (κ2) is 6.99. The van der Waals surface area contributed by atoms with Crippen molar-refractivity contribution in [2.75, 3.05) is 12.4 Å². The molecule has 0 radical (unpaired) electrons. The first-order valence-corrected chi connectivity index (χ1v) is 8.67. The topological polar surface area (TPSA) is 93.3 Å². The average molecular weight is 374 g/mol. The van der Waals surface area contributed by atoms with E-state index in [-0.39, 0.29) is 17.5 Å². The third-order valence-electron chi connectivity index (χ3n) is 4.31. The Morgan fingerprint density at radius 2 is 1.75 bits per heavy atom. The first-order chi connectivity index (χ1) is 13.5. The smallest absolute Gasteiger partial charge is 0.273 e. The Hall–Kier alpha value is -3.94. The fourth-order valence-electron chi connectivity index (χ4n) is 2.93. The van der Waals surface area contributed by atoms with Crippen LogP contribution in [-0.2, 0) is 7.05 Å². The molecule has 0 aliphatic rings. The Morgan fingerprint density at radius 1 is 0.964 bits per heavy atom. The van der Waals surface area contributed by atoms with Crippen LogP contribution in [0.15, 0.2) is 60.9 Å². The molecule has 0 bridgehead atoms. The number of anilines is 1. The molecule has 0 saturated carbocycles. The second-order valence-corrected chi connectivity index (χ2v) is 6.28. The predicted octanol–water partition coefficient (Wildman–Crippen LogP) is 2.35. The molecule has 28 heavy (non-hydrogen) atoms. The maximum atomic E-state index is 12.7. The van der Waals surface area contributed by atoms with Gasteiger partial charge >= 0.3 is 0 Å². The number of aromatic nitrogens is 4. The second-order valence-electron chi connectivity index (χ2n) is 6.28. The van der Waals surface area contributed by atoms with E-state index >= 15 is 0 Å². The largest absolute Gasteiger partial charge is 0.354 e. The number of carbonyl (C=O) groups excluding carboxylic acids is 2. The molecular formula is C20H18N6O2. The predicted molar refractivity (Wildman–Crippen MR) is 105 cm³/mol. The minimum atomic E-state index is -0.370. The lowest BCUT2D eigenvalue weighted by molar-refractivity contribution is 0.0958. The summed E-state index contributed by atoms with van der Waals surface area (Å²) in [6, 6.07) is 15.3. The lowest BCUT2D eigenvalue weighted by Crippen LogP contribution is -2.21. The van der Waals surface area contributed by atoms with Gasteiger partial charge in [-0.15, -0.1) is 0 Å². The third kappa shape index (κ3) is 3.23. The number of carbonyl (C=O) groups is 2. The summed E-state index contributed by atoms with van der Waals surface area (Å²) in [6.45, 7) is 0. The molecule has 4 aromatic rings. The molecule has 1 aromatic carbocycles. The number of pyridine rings is 1. The van der Waals surface area contributed by atoms with E-state index in [9.17, 15) is 9.59 Å². The van der Waals surface area contributed by atoms with Crippen molar-refractivity contribution in [1.29, 1.82) is 0 Å². The molecule has 3 heterocycles. The number of nitrogens with zero attached hydrogens (tertiary/aromatic N) is 4. The van der Waals surface area contributed by atoms with E-state index in [0.717, 1.165) is 16.8 Å². The summed E-state index contributed by atoms with van der Waals surface area (Å²) < 4.78 is 3.14.